The maximum absolute atomic E-state index is 13.2. The third-order valence-corrected chi connectivity index (χ3v) is 6.65. The highest BCUT2D eigenvalue weighted by molar-refractivity contribution is 5.83. The van der Waals surface area contributed by atoms with E-state index in [1.54, 1.807) is 0 Å². The minimum absolute atomic E-state index is 0.0750. The number of rotatable bonds is 5. The molecular weight excluding hydrogens is 338 g/mol. The van der Waals surface area contributed by atoms with Crippen LogP contribution in [0.3, 0.4) is 0 Å². The summed E-state index contributed by atoms with van der Waals surface area (Å²) in [4.78, 5) is 20.1. The van der Waals surface area contributed by atoms with Crippen molar-refractivity contribution in [3.8, 4) is 5.75 Å². The number of piperidine rings is 1. The molecule has 0 saturated carbocycles. The van der Waals surface area contributed by atoms with Crippen LogP contribution in [0.4, 0.5) is 0 Å². The van der Waals surface area contributed by atoms with Gasteiger partial charge in [-0.1, -0.05) is 25.1 Å². The van der Waals surface area contributed by atoms with Crippen molar-refractivity contribution >= 4 is 5.91 Å². The van der Waals surface area contributed by atoms with Gasteiger partial charge in [-0.05, 0) is 69.9 Å². The first-order valence-corrected chi connectivity index (χ1v) is 10.5. The van der Waals surface area contributed by atoms with Crippen LogP contribution in [0.25, 0.3) is 0 Å². The second kappa shape index (κ2) is 7.80. The number of para-hydroxylation sites is 1. The highest BCUT2D eigenvalue weighted by atomic mass is 16.5. The molecular formula is C22H33N3O2. The topological polar surface area (TPSA) is 36.0 Å². The summed E-state index contributed by atoms with van der Waals surface area (Å²) >= 11 is 0. The summed E-state index contributed by atoms with van der Waals surface area (Å²) in [5.74, 6) is 1.22. The summed E-state index contributed by atoms with van der Waals surface area (Å²) in [6.07, 6.45) is 4.75. The van der Waals surface area contributed by atoms with Crippen molar-refractivity contribution < 1.29 is 9.53 Å². The number of carbonyl (C=O) groups is 1. The van der Waals surface area contributed by atoms with E-state index in [0.717, 1.165) is 57.9 Å². The van der Waals surface area contributed by atoms with Crippen LogP contribution in [0.15, 0.2) is 30.3 Å². The number of benzene rings is 1. The van der Waals surface area contributed by atoms with E-state index in [0.29, 0.717) is 11.3 Å². The molecule has 0 N–H and O–H groups in total. The van der Waals surface area contributed by atoms with Gasteiger partial charge in [0.05, 0.1) is 19.1 Å². The molecule has 1 amide bonds. The number of amides is 1. The predicted molar refractivity (Wildman–Crippen MR) is 107 cm³/mol. The van der Waals surface area contributed by atoms with Gasteiger partial charge in [0.1, 0.15) is 11.9 Å². The molecule has 148 valence electrons. The van der Waals surface area contributed by atoms with Gasteiger partial charge in [0.25, 0.3) is 0 Å². The minimum atomic E-state index is 0.0750. The van der Waals surface area contributed by atoms with Crippen LogP contribution >= 0.6 is 0 Å². The monoisotopic (exact) mass is 371 g/mol. The molecule has 0 bridgehead atoms. The molecule has 1 aromatic carbocycles. The Labute approximate surface area is 163 Å². The van der Waals surface area contributed by atoms with Crippen molar-refractivity contribution in [2.45, 2.75) is 44.8 Å². The number of hydrogen-bond acceptors (Lipinski definition) is 4. The van der Waals surface area contributed by atoms with Crippen LogP contribution in [0, 0.1) is 5.41 Å². The normalized spacial score (nSPS) is 26.3. The maximum Gasteiger partial charge on any atom is 0.240 e. The number of ether oxygens (including phenoxy) is 1. The van der Waals surface area contributed by atoms with Gasteiger partial charge >= 0.3 is 0 Å². The predicted octanol–water partition coefficient (Wildman–Crippen LogP) is 2.47. The van der Waals surface area contributed by atoms with Crippen LogP contribution in [0.1, 0.15) is 32.6 Å². The molecule has 1 atom stereocenters. The average Bonchev–Trinajstić information content (AvgIpc) is 3.00. The highest BCUT2D eigenvalue weighted by Crippen LogP contribution is 2.44. The molecule has 5 nitrogen and oxygen atoms in total. The van der Waals surface area contributed by atoms with Crippen molar-refractivity contribution in [2.75, 3.05) is 46.3 Å². The highest BCUT2D eigenvalue weighted by Gasteiger charge is 2.49. The fourth-order valence-electron chi connectivity index (χ4n) is 4.96. The Balaban J connectivity index is 1.35. The Bertz CT molecular complexity index is 636. The largest absolute Gasteiger partial charge is 0.487 e. The number of hydrogen-bond donors (Lipinski definition) is 0. The van der Waals surface area contributed by atoms with Gasteiger partial charge in [0, 0.05) is 6.54 Å². The SMILES string of the molecule is CCCN1CC2(CCN(C)CC2)CC1C(=O)N1CC(Oc2ccccc2)C1. The van der Waals surface area contributed by atoms with Gasteiger partial charge in [-0.2, -0.15) is 0 Å². The first-order chi connectivity index (χ1) is 13.1. The smallest absolute Gasteiger partial charge is 0.240 e. The van der Waals surface area contributed by atoms with Crippen molar-refractivity contribution in [1.29, 1.82) is 0 Å². The molecule has 4 rings (SSSR count). The lowest BCUT2D eigenvalue weighted by Crippen LogP contribution is -2.60. The summed E-state index contributed by atoms with van der Waals surface area (Å²) in [6, 6.07) is 10.00. The van der Waals surface area contributed by atoms with Crippen LogP contribution in [-0.2, 0) is 4.79 Å². The molecule has 3 heterocycles. The second-order valence-electron chi connectivity index (χ2n) is 8.79. The van der Waals surface area contributed by atoms with Gasteiger partial charge in [-0.3, -0.25) is 9.69 Å². The van der Waals surface area contributed by atoms with Crippen molar-refractivity contribution in [2.24, 2.45) is 5.41 Å². The Kier molecular flexibility index (Phi) is 5.42. The molecule has 3 fully saturated rings. The van der Waals surface area contributed by atoms with E-state index >= 15 is 0 Å². The number of likely N-dealkylation sites (tertiary alicyclic amines) is 3. The van der Waals surface area contributed by atoms with Crippen molar-refractivity contribution in [3.05, 3.63) is 30.3 Å². The second-order valence-corrected chi connectivity index (χ2v) is 8.79. The summed E-state index contributed by atoms with van der Waals surface area (Å²) in [6.45, 7) is 8.12. The third-order valence-electron chi connectivity index (χ3n) is 6.65. The lowest BCUT2D eigenvalue weighted by Gasteiger charge is -2.41. The van der Waals surface area contributed by atoms with E-state index in [-0.39, 0.29) is 12.1 Å². The fraction of sp³-hybridized carbons (Fsp3) is 0.682. The first kappa shape index (κ1) is 18.8. The lowest BCUT2D eigenvalue weighted by atomic mass is 9.76. The molecule has 0 aromatic heterocycles. The van der Waals surface area contributed by atoms with Gasteiger partial charge in [0.15, 0.2) is 0 Å². The van der Waals surface area contributed by atoms with Gasteiger partial charge in [-0.25, -0.2) is 0 Å². The Morgan fingerprint density at radius 1 is 1.19 bits per heavy atom. The standard InChI is InChI=1S/C22H33N3O2/c1-3-11-24-17-22(9-12-23(2)13-10-22)14-20(24)21(26)25-15-19(16-25)27-18-7-5-4-6-8-18/h4-8,19-20H,3,9-17H2,1-2H3. The molecule has 27 heavy (non-hydrogen) atoms. The Morgan fingerprint density at radius 3 is 2.56 bits per heavy atom. The molecule has 1 aromatic rings. The molecule has 5 heteroatoms. The molecule has 1 spiro atoms. The molecule has 0 aliphatic carbocycles. The summed E-state index contributed by atoms with van der Waals surface area (Å²) < 4.78 is 5.98. The van der Waals surface area contributed by atoms with Gasteiger partial charge in [0.2, 0.25) is 5.91 Å². The van der Waals surface area contributed by atoms with Crippen LogP contribution in [-0.4, -0.2) is 79.1 Å². The van der Waals surface area contributed by atoms with E-state index in [4.69, 9.17) is 4.74 Å². The van der Waals surface area contributed by atoms with Gasteiger partial charge in [-0.15, -0.1) is 0 Å². The third kappa shape index (κ3) is 3.99. The minimum Gasteiger partial charge on any atom is -0.487 e. The molecule has 3 aliphatic rings. The van der Waals surface area contributed by atoms with Crippen LogP contribution in [0.2, 0.25) is 0 Å². The zero-order chi connectivity index (χ0) is 18.9. The van der Waals surface area contributed by atoms with Crippen molar-refractivity contribution in [3.63, 3.8) is 0 Å². The first-order valence-electron chi connectivity index (χ1n) is 10.5. The number of nitrogens with zero attached hydrogens (tertiary/aromatic N) is 3. The summed E-state index contributed by atoms with van der Waals surface area (Å²) in [5.41, 5.74) is 0.354. The summed E-state index contributed by atoms with van der Waals surface area (Å²) in [5, 5.41) is 0. The zero-order valence-corrected chi connectivity index (χ0v) is 16.8. The van der Waals surface area contributed by atoms with E-state index in [2.05, 4.69) is 23.8 Å². The summed E-state index contributed by atoms with van der Waals surface area (Å²) in [7, 11) is 2.21. The molecule has 0 radical (unpaired) electrons. The van der Waals surface area contributed by atoms with Gasteiger partial charge < -0.3 is 14.5 Å². The van der Waals surface area contributed by atoms with Crippen LogP contribution in [0.5, 0.6) is 5.75 Å². The fourth-order valence-corrected chi connectivity index (χ4v) is 4.96. The molecule has 3 saturated heterocycles. The maximum atomic E-state index is 13.2. The van der Waals surface area contributed by atoms with Crippen molar-refractivity contribution in [1.82, 2.24) is 14.7 Å². The van der Waals surface area contributed by atoms with E-state index in [1.165, 1.54) is 12.8 Å². The Morgan fingerprint density at radius 2 is 1.89 bits per heavy atom. The van der Waals surface area contributed by atoms with E-state index in [1.807, 2.05) is 35.2 Å². The van der Waals surface area contributed by atoms with E-state index in [9.17, 15) is 4.79 Å². The van der Waals surface area contributed by atoms with Crippen LogP contribution < -0.4 is 4.74 Å². The number of carbonyl (C=O) groups excluding carboxylic acids is 1. The average molecular weight is 372 g/mol. The molecule has 3 aliphatic heterocycles. The Hall–Kier alpha value is -1.59. The molecule has 1 unspecified atom stereocenters. The van der Waals surface area contributed by atoms with E-state index < -0.39 is 0 Å². The quantitative estimate of drug-likeness (QED) is 0.797. The zero-order valence-electron chi connectivity index (χ0n) is 16.8. The lowest BCUT2D eigenvalue weighted by molar-refractivity contribution is -0.145.